The highest BCUT2D eigenvalue weighted by Crippen LogP contribution is 2.66. The van der Waals surface area contributed by atoms with Crippen LogP contribution in [-0.4, -0.2) is 32.9 Å². The first-order chi connectivity index (χ1) is 7.79. The van der Waals surface area contributed by atoms with Crippen LogP contribution >= 0.6 is 0 Å². The van der Waals surface area contributed by atoms with Crippen LogP contribution in [0.15, 0.2) is 0 Å². The first-order valence-electron chi connectivity index (χ1n) is 5.99. The normalized spacial score (nSPS) is 51.5. The van der Waals surface area contributed by atoms with Crippen molar-refractivity contribution in [1.29, 1.82) is 0 Å². The van der Waals surface area contributed by atoms with Crippen molar-refractivity contribution in [1.82, 2.24) is 0 Å². The number of carboxylic acid groups (broad SMARTS) is 2. The van der Waals surface area contributed by atoms with Gasteiger partial charge in [0.25, 0.3) is 0 Å². The highest BCUT2D eigenvalue weighted by Gasteiger charge is 2.68. The second kappa shape index (κ2) is 2.83. The fourth-order valence-electron chi connectivity index (χ4n) is 4.86. The summed E-state index contributed by atoms with van der Waals surface area (Å²) in [7, 11) is 0. The number of hydrogen-bond acceptors (Lipinski definition) is 3. The van der Waals surface area contributed by atoms with Crippen molar-refractivity contribution >= 4 is 11.9 Å². The lowest BCUT2D eigenvalue weighted by atomic mass is 9.42. The molecular weight excluding hydrogens is 224 g/mol. The van der Waals surface area contributed by atoms with Crippen molar-refractivity contribution in [3.63, 3.8) is 0 Å². The first-order valence-corrected chi connectivity index (χ1v) is 5.99. The molecule has 17 heavy (non-hydrogen) atoms. The van der Waals surface area contributed by atoms with Gasteiger partial charge in [0, 0.05) is 0 Å². The number of carboxylic acids is 2. The minimum absolute atomic E-state index is 0.0449. The van der Waals surface area contributed by atoms with Crippen LogP contribution < -0.4 is 0 Å². The molecule has 94 valence electrons. The standard InChI is InChI=1S/C12H16O5/c13-8(14)10-1-7-2-11(4-10,9(15)16)6-12(17,3-7)5-10/h7,17H,1-6H2,(H,13,14)(H,15,16). The van der Waals surface area contributed by atoms with Gasteiger partial charge in [0.2, 0.25) is 0 Å². The molecule has 2 unspecified atom stereocenters. The molecule has 4 aliphatic carbocycles. The highest BCUT2D eigenvalue weighted by molar-refractivity contribution is 5.81. The minimum atomic E-state index is -1.07. The highest BCUT2D eigenvalue weighted by atomic mass is 16.4. The molecule has 0 spiro atoms. The lowest BCUT2D eigenvalue weighted by molar-refractivity contribution is -0.220. The number of aliphatic hydroxyl groups is 1. The van der Waals surface area contributed by atoms with Crippen molar-refractivity contribution in [2.45, 2.75) is 44.1 Å². The average Bonchev–Trinajstić information content (AvgIpc) is 2.12. The quantitative estimate of drug-likeness (QED) is 0.665. The predicted octanol–water partition coefficient (Wildman–Crippen LogP) is 0.857. The fraction of sp³-hybridized carbons (Fsp3) is 0.833. The Kier molecular flexibility index (Phi) is 1.83. The summed E-state index contributed by atoms with van der Waals surface area (Å²) >= 11 is 0. The van der Waals surface area contributed by atoms with E-state index in [4.69, 9.17) is 0 Å². The van der Waals surface area contributed by atoms with Crippen LogP contribution in [0.5, 0.6) is 0 Å². The number of hydrogen-bond donors (Lipinski definition) is 3. The summed E-state index contributed by atoms with van der Waals surface area (Å²) in [4.78, 5) is 22.9. The smallest absolute Gasteiger partial charge is 0.309 e. The molecule has 0 saturated heterocycles. The summed E-state index contributed by atoms with van der Waals surface area (Å²) in [6, 6.07) is 0. The van der Waals surface area contributed by atoms with Gasteiger partial charge in [0.05, 0.1) is 16.4 Å². The van der Waals surface area contributed by atoms with Gasteiger partial charge in [0.1, 0.15) is 0 Å². The van der Waals surface area contributed by atoms with E-state index in [9.17, 15) is 24.9 Å². The molecule has 0 aliphatic heterocycles. The Hall–Kier alpha value is -1.10. The molecule has 0 heterocycles. The van der Waals surface area contributed by atoms with Gasteiger partial charge in [0.15, 0.2) is 0 Å². The van der Waals surface area contributed by atoms with Crippen LogP contribution in [-0.2, 0) is 9.59 Å². The maximum Gasteiger partial charge on any atom is 0.309 e. The van der Waals surface area contributed by atoms with Gasteiger partial charge in [-0.2, -0.15) is 0 Å². The molecule has 0 aromatic carbocycles. The first kappa shape index (κ1) is 11.0. The van der Waals surface area contributed by atoms with E-state index >= 15 is 0 Å². The molecule has 0 radical (unpaired) electrons. The van der Waals surface area contributed by atoms with E-state index in [1.165, 1.54) is 0 Å². The lowest BCUT2D eigenvalue weighted by Gasteiger charge is -2.61. The third kappa shape index (κ3) is 1.29. The second-order valence-electron chi connectivity index (χ2n) is 6.40. The maximum atomic E-state index is 11.5. The van der Waals surface area contributed by atoms with E-state index in [-0.39, 0.29) is 25.2 Å². The van der Waals surface area contributed by atoms with Gasteiger partial charge >= 0.3 is 11.9 Å². The van der Waals surface area contributed by atoms with E-state index in [1.54, 1.807) is 0 Å². The summed E-state index contributed by atoms with van der Waals surface area (Å²) < 4.78 is 0. The monoisotopic (exact) mass is 240 g/mol. The summed E-state index contributed by atoms with van der Waals surface area (Å²) in [5.74, 6) is -1.83. The van der Waals surface area contributed by atoms with Crippen molar-refractivity contribution in [3.8, 4) is 0 Å². The molecular formula is C12H16O5. The zero-order valence-corrected chi connectivity index (χ0v) is 9.48. The Morgan fingerprint density at radius 3 is 1.71 bits per heavy atom. The molecule has 0 aromatic rings. The Morgan fingerprint density at radius 2 is 1.35 bits per heavy atom. The average molecular weight is 240 g/mol. The molecule has 4 fully saturated rings. The summed E-state index contributed by atoms with van der Waals surface area (Å²) in [5, 5.41) is 29.2. The van der Waals surface area contributed by atoms with Gasteiger partial charge in [-0.15, -0.1) is 0 Å². The number of rotatable bonds is 2. The minimum Gasteiger partial charge on any atom is -0.481 e. The van der Waals surface area contributed by atoms with E-state index < -0.39 is 28.4 Å². The van der Waals surface area contributed by atoms with Crippen molar-refractivity contribution in [3.05, 3.63) is 0 Å². The molecule has 0 aromatic heterocycles. The van der Waals surface area contributed by atoms with Crippen molar-refractivity contribution in [2.75, 3.05) is 0 Å². The Labute approximate surface area is 98.4 Å². The van der Waals surface area contributed by atoms with Crippen LogP contribution in [0.25, 0.3) is 0 Å². The van der Waals surface area contributed by atoms with Crippen LogP contribution in [0.1, 0.15) is 38.5 Å². The number of aliphatic carboxylic acids is 2. The Morgan fingerprint density at radius 1 is 0.882 bits per heavy atom. The summed E-state index contributed by atoms with van der Waals surface area (Å²) in [6.45, 7) is 0. The largest absolute Gasteiger partial charge is 0.481 e. The van der Waals surface area contributed by atoms with E-state index in [2.05, 4.69) is 0 Å². The molecule has 4 rings (SSSR count). The van der Waals surface area contributed by atoms with Gasteiger partial charge in [-0.1, -0.05) is 0 Å². The maximum absolute atomic E-state index is 11.5. The van der Waals surface area contributed by atoms with Crippen LogP contribution in [0, 0.1) is 16.7 Å². The van der Waals surface area contributed by atoms with Crippen molar-refractivity contribution in [2.24, 2.45) is 16.7 Å². The molecule has 4 aliphatic rings. The van der Waals surface area contributed by atoms with Gasteiger partial charge < -0.3 is 15.3 Å². The molecule has 4 saturated carbocycles. The zero-order chi connectivity index (χ0) is 12.5. The lowest BCUT2D eigenvalue weighted by Crippen LogP contribution is -2.64. The van der Waals surface area contributed by atoms with Crippen LogP contribution in [0.2, 0.25) is 0 Å². The SMILES string of the molecule is O=C(O)C12CC3CC(O)(C1)CC(C(=O)O)(C3)C2. The molecule has 3 N–H and O–H groups in total. The van der Waals surface area contributed by atoms with Crippen LogP contribution in [0.4, 0.5) is 0 Å². The zero-order valence-electron chi connectivity index (χ0n) is 9.48. The third-order valence-electron chi connectivity index (χ3n) is 4.95. The van der Waals surface area contributed by atoms with E-state index in [0.29, 0.717) is 19.3 Å². The topological polar surface area (TPSA) is 94.8 Å². The van der Waals surface area contributed by atoms with E-state index in [1.807, 2.05) is 0 Å². The number of carbonyl (C=O) groups is 2. The second-order valence-corrected chi connectivity index (χ2v) is 6.40. The van der Waals surface area contributed by atoms with Crippen molar-refractivity contribution < 1.29 is 24.9 Å². The fourth-order valence-corrected chi connectivity index (χ4v) is 4.86. The van der Waals surface area contributed by atoms with Gasteiger partial charge in [-0.05, 0) is 44.4 Å². The Balaban J connectivity index is 2.09. The summed E-state index contributed by atoms with van der Waals surface area (Å²) in [5.41, 5.74) is -3.09. The molecule has 5 heteroatoms. The predicted molar refractivity (Wildman–Crippen MR) is 56.3 cm³/mol. The van der Waals surface area contributed by atoms with Gasteiger partial charge in [-0.3, -0.25) is 9.59 Å². The molecule has 5 nitrogen and oxygen atoms in total. The Bertz CT molecular complexity index is 385. The summed E-state index contributed by atoms with van der Waals surface area (Å²) in [6.07, 6.45) is 2.25. The van der Waals surface area contributed by atoms with E-state index in [0.717, 1.165) is 0 Å². The molecule has 4 bridgehead atoms. The van der Waals surface area contributed by atoms with Gasteiger partial charge in [-0.25, -0.2) is 0 Å². The molecule has 0 amide bonds. The van der Waals surface area contributed by atoms with Crippen LogP contribution in [0.3, 0.4) is 0 Å². The third-order valence-corrected chi connectivity index (χ3v) is 4.95. The molecule has 2 atom stereocenters.